The quantitative estimate of drug-likeness (QED) is 0.826. The fraction of sp³-hybridized carbons (Fsp3) is 0.600. The second kappa shape index (κ2) is 4.25. The van der Waals surface area contributed by atoms with Crippen LogP contribution in [0.3, 0.4) is 0 Å². The van der Waals surface area contributed by atoms with Crippen molar-refractivity contribution >= 4 is 0 Å². The summed E-state index contributed by atoms with van der Waals surface area (Å²) in [6.45, 7) is 6.62. The summed E-state index contributed by atoms with van der Waals surface area (Å²) in [7, 11) is 0. The van der Waals surface area contributed by atoms with Gasteiger partial charge in [0.2, 0.25) is 0 Å². The average Bonchev–Trinajstić information content (AvgIpc) is 2.73. The summed E-state index contributed by atoms with van der Waals surface area (Å²) in [6.07, 6.45) is 2.03. The Morgan fingerprint density at radius 1 is 1.39 bits per heavy atom. The molecule has 0 aromatic heterocycles. The molecule has 1 unspecified atom stereocenters. The second-order valence-corrected chi connectivity index (χ2v) is 5.95. The topological polar surface area (TPSA) is 38.5 Å². The zero-order valence-electron chi connectivity index (χ0n) is 11.2. The van der Waals surface area contributed by atoms with Gasteiger partial charge in [-0.05, 0) is 19.9 Å². The Labute approximate surface area is 109 Å². The lowest BCUT2D eigenvalue weighted by Crippen LogP contribution is -2.46. The van der Waals surface area contributed by atoms with Crippen molar-refractivity contribution in [1.29, 1.82) is 0 Å². The molecule has 3 heteroatoms. The van der Waals surface area contributed by atoms with Crippen molar-refractivity contribution in [2.75, 3.05) is 13.1 Å². The number of rotatable bonds is 1. The van der Waals surface area contributed by atoms with Gasteiger partial charge >= 0.3 is 0 Å². The van der Waals surface area contributed by atoms with Gasteiger partial charge in [0.15, 0.2) is 0 Å². The molecule has 0 amide bonds. The van der Waals surface area contributed by atoms with Gasteiger partial charge in [0.1, 0.15) is 11.4 Å². The van der Waals surface area contributed by atoms with Gasteiger partial charge in [-0.25, -0.2) is 0 Å². The first-order chi connectivity index (χ1) is 8.60. The molecule has 18 heavy (non-hydrogen) atoms. The fourth-order valence-corrected chi connectivity index (χ4v) is 3.23. The maximum atomic E-state index is 6.32. The van der Waals surface area contributed by atoms with E-state index in [2.05, 4.69) is 24.8 Å². The summed E-state index contributed by atoms with van der Waals surface area (Å²) < 4.78 is 6.31. The van der Waals surface area contributed by atoms with E-state index in [1.807, 2.05) is 18.2 Å². The predicted molar refractivity (Wildman–Crippen MR) is 72.7 cm³/mol. The molecule has 0 saturated carbocycles. The predicted octanol–water partition coefficient (Wildman–Crippen LogP) is 2.32. The van der Waals surface area contributed by atoms with Crippen LogP contribution in [0.15, 0.2) is 24.3 Å². The van der Waals surface area contributed by atoms with Crippen molar-refractivity contribution in [2.45, 2.75) is 44.4 Å². The second-order valence-electron chi connectivity index (χ2n) is 5.95. The molecule has 0 aliphatic carbocycles. The van der Waals surface area contributed by atoms with Crippen LogP contribution in [0.1, 0.15) is 38.3 Å². The van der Waals surface area contributed by atoms with E-state index >= 15 is 0 Å². The van der Waals surface area contributed by atoms with Gasteiger partial charge in [-0.1, -0.05) is 18.2 Å². The zero-order chi connectivity index (χ0) is 12.8. The van der Waals surface area contributed by atoms with Gasteiger partial charge in [-0.15, -0.1) is 0 Å². The molecule has 98 valence electrons. The highest BCUT2D eigenvalue weighted by Crippen LogP contribution is 2.42. The van der Waals surface area contributed by atoms with E-state index in [4.69, 9.17) is 10.5 Å². The molecular formula is C15H22N2O. The largest absolute Gasteiger partial charge is 0.485 e. The number of fused-ring (bicyclic) bond motifs is 1. The molecular weight excluding hydrogens is 224 g/mol. The van der Waals surface area contributed by atoms with Crippen molar-refractivity contribution in [2.24, 2.45) is 5.73 Å². The van der Waals surface area contributed by atoms with Crippen molar-refractivity contribution < 1.29 is 4.74 Å². The number of benzene rings is 1. The van der Waals surface area contributed by atoms with Crippen molar-refractivity contribution in [1.82, 2.24) is 4.90 Å². The minimum absolute atomic E-state index is 0.0575. The van der Waals surface area contributed by atoms with Crippen molar-refractivity contribution in [3.05, 3.63) is 29.8 Å². The summed E-state index contributed by atoms with van der Waals surface area (Å²) >= 11 is 0. The highest BCUT2D eigenvalue weighted by molar-refractivity contribution is 5.39. The van der Waals surface area contributed by atoms with Gasteiger partial charge in [0.05, 0.1) is 0 Å². The lowest BCUT2D eigenvalue weighted by atomic mass is 9.87. The molecule has 2 N–H and O–H groups in total. The van der Waals surface area contributed by atoms with E-state index in [-0.39, 0.29) is 11.6 Å². The normalized spacial score (nSPS) is 31.7. The maximum absolute atomic E-state index is 6.32. The summed E-state index contributed by atoms with van der Waals surface area (Å²) in [6, 6.07) is 8.90. The Bertz CT molecular complexity index is 446. The Hall–Kier alpha value is -1.06. The highest BCUT2D eigenvalue weighted by atomic mass is 16.5. The summed E-state index contributed by atoms with van der Waals surface area (Å²) in [4.78, 5) is 2.49. The lowest BCUT2D eigenvalue weighted by molar-refractivity contribution is 0.0409. The Balaban J connectivity index is 1.86. The number of hydrogen-bond acceptors (Lipinski definition) is 3. The summed E-state index contributed by atoms with van der Waals surface area (Å²) in [5.74, 6) is 0.988. The molecule has 1 aromatic rings. The van der Waals surface area contributed by atoms with Crippen LogP contribution >= 0.6 is 0 Å². The first-order valence-electron chi connectivity index (χ1n) is 6.87. The first kappa shape index (κ1) is 12.0. The number of nitrogens with two attached hydrogens (primary N) is 1. The minimum atomic E-state index is -0.0575. The highest BCUT2D eigenvalue weighted by Gasteiger charge is 2.45. The van der Waals surface area contributed by atoms with E-state index < -0.39 is 0 Å². The third-order valence-electron chi connectivity index (χ3n) is 4.31. The molecule has 2 heterocycles. The average molecular weight is 246 g/mol. The van der Waals surface area contributed by atoms with E-state index in [0.29, 0.717) is 6.04 Å². The van der Waals surface area contributed by atoms with Crippen LogP contribution in [-0.2, 0) is 0 Å². The van der Waals surface area contributed by atoms with Crippen molar-refractivity contribution in [3.63, 3.8) is 0 Å². The van der Waals surface area contributed by atoms with Crippen molar-refractivity contribution in [3.8, 4) is 5.75 Å². The summed E-state index contributed by atoms with van der Waals surface area (Å²) in [5.41, 5.74) is 7.42. The molecule has 1 spiro atoms. The van der Waals surface area contributed by atoms with Gasteiger partial charge in [-0.3, -0.25) is 4.90 Å². The number of para-hydroxylation sites is 1. The van der Waals surface area contributed by atoms with E-state index in [1.165, 1.54) is 0 Å². The molecule has 0 bridgehead atoms. The van der Waals surface area contributed by atoms with Crippen LogP contribution in [0.5, 0.6) is 5.75 Å². The van der Waals surface area contributed by atoms with Crippen LogP contribution in [0.25, 0.3) is 0 Å². The van der Waals surface area contributed by atoms with Crippen LogP contribution < -0.4 is 10.5 Å². The maximum Gasteiger partial charge on any atom is 0.125 e. The molecule has 3 nitrogen and oxygen atoms in total. The third kappa shape index (κ3) is 1.91. The van der Waals surface area contributed by atoms with Crippen LogP contribution in [0.2, 0.25) is 0 Å². The third-order valence-corrected chi connectivity index (χ3v) is 4.31. The Morgan fingerprint density at radius 3 is 2.89 bits per heavy atom. The fourth-order valence-electron chi connectivity index (χ4n) is 3.23. The Kier molecular flexibility index (Phi) is 2.83. The molecule has 2 aliphatic heterocycles. The number of hydrogen-bond donors (Lipinski definition) is 1. The van der Waals surface area contributed by atoms with Gasteiger partial charge in [0.25, 0.3) is 0 Å². The molecule has 1 fully saturated rings. The first-order valence-corrected chi connectivity index (χ1v) is 6.87. The van der Waals surface area contributed by atoms with Gasteiger partial charge < -0.3 is 10.5 Å². The molecule has 1 aromatic carbocycles. The van der Waals surface area contributed by atoms with Gasteiger partial charge in [0, 0.05) is 43.6 Å². The smallest absolute Gasteiger partial charge is 0.125 e. The molecule has 2 aliphatic rings. The Morgan fingerprint density at radius 2 is 2.17 bits per heavy atom. The lowest BCUT2D eigenvalue weighted by Gasteiger charge is -2.39. The molecule has 2 atom stereocenters. The number of likely N-dealkylation sites (tertiary alicyclic amines) is 1. The minimum Gasteiger partial charge on any atom is -0.485 e. The SMILES string of the molecule is CC(C)N1CCC2(C[C@H](N)c3ccccc3O2)C1. The zero-order valence-corrected chi connectivity index (χ0v) is 11.2. The standard InChI is InChI=1S/C15H22N2O/c1-11(2)17-8-7-15(10-17)9-13(16)12-5-3-4-6-14(12)18-15/h3-6,11,13H,7-10,16H2,1-2H3/t13-,15?/m0/s1. The number of ether oxygens (including phenoxy) is 1. The molecule has 0 radical (unpaired) electrons. The monoisotopic (exact) mass is 246 g/mol. The molecule has 1 saturated heterocycles. The molecule has 3 rings (SSSR count). The van der Waals surface area contributed by atoms with E-state index in [1.54, 1.807) is 0 Å². The van der Waals surface area contributed by atoms with Gasteiger partial charge in [-0.2, -0.15) is 0 Å². The van der Waals surface area contributed by atoms with Crippen LogP contribution in [-0.4, -0.2) is 29.6 Å². The van der Waals surface area contributed by atoms with E-state index in [9.17, 15) is 0 Å². The summed E-state index contributed by atoms with van der Waals surface area (Å²) in [5, 5.41) is 0. The van der Waals surface area contributed by atoms with Crippen LogP contribution in [0, 0.1) is 0 Å². The van der Waals surface area contributed by atoms with Crippen LogP contribution in [0.4, 0.5) is 0 Å². The van der Waals surface area contributed by atoms with E-state index in [0.717, 1.165) is 37.2 Å². The number of nitrogens with zero attached hydrogens (tertiary/aromatic N) is 1.